The molecular formula is C11H20F3NO2. The van der Waals surface area contributed by atoms with Crippen molar-refractivity contribution in [1.82, 2.24) is 4.90 Å². The number of aliphatic hydroxyl groups is 1. The van der Waals surface area contributed by atoms with Gasteiger partial charge in [-0.05, 0) is 19.9 Å². The SMILES string of the molecule is CN(CCOCC(F)(F)F)C1CCCCC1O. The van der Waals surface area contributed by atoms with Crippen molar-refractivity contribution in [2.24, 2.45) is 0 Å². The normalized spacial score (nSPS) is 26.5. The maximum absolute atomic E-state index is 11.8. The van der Waals surface area contributed by atoms with E-state index in [4.69, 9.17) is 0 Å². The molecule has 0 aromatic rings. The van der Waals surface area contributed by atoms with Crippen molar-refractivity contribution in [1.29, 1.82) is 0 Å². The molecule has 0 heterocycles. The molecule has 0 bridgehead atoms. The summed E-state index contributed by atoms with van der Waals surface area (Å²) >= 11 is 0. The fourth-order valence-electron chi connectivity index (χ4n) is 2.17. The molecule has 17 heavy (non-hydrogen) atoms. The second-order valence-corrected chi connectivity index (χ2v) is 4.57. The number of likely N-dealkylation sites (N-methyl/N-ethyl adjacent to an activating group) is 1. The van der Waals surface area contributed by atoms with Gasteiger partial charge in [0.15, 0.2) is 0 Å². The van der Waals surface area contributed by atoms with Gasteiger partial charge in [0.2, 0.25) is 0 Å². The fourth-order valence-corrected chi connectivity index (χ4v) is 2.17. The molecule has 3 nitrogen and oxygen atoms in total. The first-order chi connectivity index (χ1) is 7.90. The summed E-state index contributed by atoms with van der Waals surface area (Å²) in [5, 5.41) is 9.76. The van der Waals surface area contributed by atoms with Gasteiger partial charge in [0.05, 0.1) is 12.7 Å². The zero-order valence-corrected chi connectivity index (χ0v) is 10.0. The third kappa shape index (κ3) is 5.70. The summed E-state index contributed by atoms with van der Waals surface area (Å²) in [5.41, 5.74) is 0. The Morgan fingerprint density at radius 3 is 2.53 bits per heavy atom. The summed E-state index contributed by atoms with van der Waals surface area (Å²) in [6.45, 7) is -0.745. The molecule has 6 heteroatoms. The highest BCUT2D eigenvalue weighted by Gasteiger charge is 2.28. The Bertz CT molecular complexity index is 223. The van der Waals surface area contributed by atoms with E-state index in [2.05, 4.69) is 4.74 Å². The summed E-state index contributed by atoms with van der Waals surface area (Å²) in [5.74, 6) is 0. The van der Waals surface area contributed by atoms with Gasteiger partial charge in [-0.3, -0.25) is 4.90 Å². The summed E-state index contributed by atoms with van der Waals surface area (Å²) < 4.78 is 40.0. The summed E-state index contributed by atoms with van der Waals surface area (Å²) in [6.07, 6.45) is -0.861. The first-order valence-electron chi connectivity index (χ1n) is 5.93. The molecule has 1 saturated carbocycles. The van der Waals surface area contributed by atoms with Gasteiger partial charge in [0, 0.05) is 12.6 Å². The quantitative estimate of drug-likeness (QED) is 0.760. The van der Waals surface area contributed by atoms with Crippen molar-refractivity contribution in [2.75, 3.05) is 26.8 Å². The minimum Gasteiger partial charge on any atom is -0.391 e. The first kappa shape index (κ1) is 14.7. The van der Waals surface area contributed by atoms with E-state index in [-0.39, 0.29) is 18.8 Å². The maximum Gasteiger partial charge on any atom is 0.411 e. The molecule has 0 radical (unpaired) electrons. The van der Waals surface area contributed by atoms with Crippen LogP contribution in [0, 0.1) is 0 Å². The number of alkyl halides is 3. The lowest BCUT2D eigenvalue weighted by molar-refractivity contribution is -0.175. The Balaban J connectivity index is 2.17. The van der Waals surface area contributed by atoms with E-state index in [0.717, 1.165) is 25.7 Å². The largest absolute Gasteiger partial charge is 0.411 e. The van der Waals surface area contributed by atoms with E-state index in [1.54, 1.807) is 0 Å². The Hall–Kier alpha value is -0.330. The number of rotatable bonds is 5. The van der Waals surface area contributed by atoms with Gasteiger partial charge in [-0.15, -0.1) is 0 Å². The van der Waals surface area contributed by atoms with Crippen LogP contribution in [-0.4, -0.2) is 55.1 Å². The monoisotopic (exact) mass is 255 g/mol. The molecule has 0 saturated heterocycles. The number of hydrogen-bond acceptors (Lipinski definition) is 3. The third-order valence-electron chi connectivity index (χ3n) is 3.11. The van der Waals surface area contributed by atoms with Crippen molar-refractivity contribution >= 4 is 0 Å². The Labute approximate surface area is 99.5 Å². The number of ether oxygens (including phenoxy) is 1. The van der Waals surface area contributed by atoms with E-state index in [1.165, 1.54) is 0 Å². The summed E-state index contributed by atoms with van der Waals surface area (Å²) in [4.78, 5) is 1.89. The molecule has 102 valence electrons. The molecule has 0 aromatic heterocycles. The topological polar surface area (TPSA) is 32.7 Å². The number of hydrogen-bond donors (Lipinski definition) is 1. The Morgan fingerprint density at radius 1 is 1.29 bits per heavy atom. The zero-order chi connectivity index (χ0) is 12.9. The number of halogens is 3. The molecular weight excluding hydrogens is 235 g/mol. The second kappa shape index (κ2) is 6.56. The fraction of sp³-hybridized carbons (Fsp3) is 1.00. The predicted octanol–water partition coefficient (Wildman–Crippen LogP) is 1.80. The van der Waals surface area contributed by atoms with E-state index in [0.29, 0.717) is 6.54 Å². The van der Waals surface area contributed by atoms with Crippen LogP contribution < -0.4 is 0 Å². The standard InChI is InChI=1S/C11H20F3NO2/c1-15(6-7-17-8-11(12,13)14)9-4-2-3-5-10(9)16/h9-10,16H,2-8H2,1H3. The van der Waals surface area contributed by atoms with Gasteiger partial charge in [0.1, 0.15) is 6.61 Å². The molecule has 2 atom stereocenters. The zero-order valence-electron chi connectivity index (χ0n) is 10.0. The highest BCUT2D eigenvalue weighted by Crippen LogP contribution is 2.22. The molecule has 2 unspecified atom stereocenters. The lowest BCUT2D eigenvalue weighted by Crippen LogP contribution is -2.44. The van der Waals surface area contributed by atoms with Crippen LogP contribution in [0.2, 0.25) is 0 Å². The summed E-state index contributed by atoms with van der Waals surface area (Å²) in [6, 6.07) is 0.0539. The maximum atomic E-state index is 11.8. The molecule has 1 aliphatic rings. The van der Waals surface area contributed by atoms with Crippen LogP contribution in [0.5, 0.6) is 0 Å². The smallest absolute Gasteiger partial charge is 0.391 e. The minimum absolute atomic E-state index is 0.0409. The molecule has 0 spiro atoms. The van der Waals surface area contributed by atoms with Crippen molar-refractivity contribution in [3.8, 4) is 0 Å². The van der Waals surface area contributed by atoms with Crippen molar-refractivity contribution in [3.05, 3.63) is 0 Å². The Morgan fingerprint density at radius 2 is 1.94 bits per heavy atom. The molecule has 0 aliphatic heterocycles. The average molecular weight is 255 g/mol. The van der Waals surface area contributed by atoms with Gasteiger partial charge in [-0.2, -0.15) is 13.2 Å². The van der Waals surface area contributed by atoms with E-state index >= 15 is 0 Å². The molecule has 0 amide bonds. The highest BCUT2D eigenvalue weighted by atomic mass is 19.4. The van der Waals surface area contributed by atoms with Crippen LogP contribution in [0.1, 0.15) is 25.7 Å². The number of nitrogens with zero attached hydrogens (tertiary/aromatic N) is 1. The lowest BCUT2D eigenvalue weighted by atomic mass is 9.92. The van der Waals surface area contributed by atoms with Crippen LogP contribution in [0.3, 0.4) is 0 Å². The van der Waals surface area contributed by atoms with Crippen LogP contribution in [0.15, 0.2) is 0 Å². The minimum atomic E-state index is -4.26. The lowest BCUT2D eigenvalue weighted by Gasteiger charge is -2.35. The van der Waals surface area contributed by atoms with Gasteiger partial charge in [0.25, 0.3) is 0 Å². The van der Waals surface area contributed by atoms with E-state index < -0.39 is 12.8 Å². The van der Waals surface area contributed by atoms with Gasteiger partial charge < -0.3 is 9.84 Å². The number of aliphatic hydroxyl groups excluding tert-OH is 1. The van der Waals surface area contributed by atoms with Crippen molar-refractivity contribution < 1.29 is 23.0 Å². The van der Waals surface area contributed by atoms with Crippen LogP contribution >= 0.6 is 0 Å². The molecule has 1 fully saturated rings. The van der Waals surface area contributed by atoms with Gasteiger partial charge >= 0.3 is 6.18 Å². The van der Waals surface area contributed by atoms with Crippen LogP contribution in [0.4, 0.5) is 13.2 Å². The second-order valence-electron chi connectivity index (χ2n) is 4.57. The first-order valence-corrected chi connectivity index (χ1v) is 5.93. The molecule has 0 aromatic carbocycles. The van der Waals surface area contributed by atoms with Crippen LogP contribution in [-0.2, 0) is 4.74 Å². The van der Waals surface area contributed by atoms with Crippen molar-refractivity contribution in [2.45, 2.75) is 44.0 Å². The molecule has 1 rings (SSSR count). The highest BCUT2D eigenvalue weighted by molar-refractivity contribution is 4.81. The van der Waals surface area contributed by atoms with Crippen molar-refractivity contribution in [3.63, 3.8) is 0 Å². The van der Waals surface area contributed by atoms with Gasteiger partial charge in [-0.1, -0.05) is 12.8 Å². The van der Waals surface area contributed by atoms with E-state index in [9.17, 15) is 18.3 Å². The molecule has 1 aliphatic carbocycles. The van der Waals surface area contributed by atoms with E-state index in [1.807, 2.05) is 11.9 Å². The summed E-state index contributed by atoms with van der Waals surface area (Å²) in [7, 11) is 1.82. The predicted molar refractivity (Wildman–Crippen MR) is 57.8 cm³/mol. The third-order valence-corrected chi connectivity index (χ3v) is 3.11. The average Bonchev–Trinajstić information content (AvgIpc) is 2.23. The molecule has 1 N–H and O–H groups in total. The Kier molecular flexibility index (Phi) is 5.69. The van der Waals surface area contributed by atoms with Crippen LogP contribution in [0.25, 0.3) is 0 Å². The van der Waals surface area contributed by atoms with Gasteiger partial charge in [-0.25, -0.2) is 0 Å².